The zero-order chi connectivity index (χ0) is 10.6. The Kier molecular flexibility index (Phi) is 5.24. The Labute approximate surface area is 96.2 Å². The van der Waals surface area contributed by atoms with Gasteiger partial charge in [-0.3, -0.25) is 0 Å². The quantitative estimate of drug-likeness (QED) is 0.809. The molecule has 1 aliphatic rings. The van der Waals surface area contributed by atoms with Crippen molar-refractivity contribution in [1.29, 1.82) is 0 Å². The lowest BCUT2D eigenvalue weighted by molar-refractivity contribution is 0.178. The number of piperidine rings is 1. The number of rotatable bonds is 3. The van der Waals surface area contributed by atoms with Gasteiger partial charge in [0.1, 0.15) is 0 Å². The van der Waals surface area contributed by atoms with Gasteiger partial charge in [0.2, 0.25) is 0 Å². The largest absolute Gasteiger partial charge is 0.309 e. The Balaban J connectivity index is 2.31. The van der Waals surface area contributed by atoms with Crippen LogP contribution in [0.2, 0.25) is 0 Å². The third-order valence-electron chi connectivity index (χ3n) is 2.76. The Morgan fingerprint density at radius 3 is 2.93 bits per heavy atom. The van der Waals surface area contributed by atoms with Gasteiger partial charge in [0, 0.05) is 29.7 Å². The number of halogens is 2. The van der Waals surface area contributed by atoms with Gasteiger partial charge in [0.25, 0.3) is 0 Å². The zero-order valence-electron chi connectivity index (χ0n) is 8.76. The van der Waals surface area contributed by atoms with E-state index in [0.717, 1.165) is 13.1 Å². The maximum atomic E-state index is 5.82. The summed E-state index contributed by atoms with van der Waals surface area (Å²) in [6.07, 6.45) is 1.18. The molecule has 0 aromatic carbocycles. The highest BCUT2D eigenvalue weighted by molar-refractivity contribution is 6.36. The van der Waals surface area contributed by atoms with Gasteiger partial charge in [-0.15, -0.1) is 0 Å². The van der Waals surface area contributed by atoms with Crippen LogP contribution in [0.1, 0.15) is 13.3 Å². The molecule has 0 radical (unpaired) electrons. The van der Waals surface area contributed by atoms with Crippen LogP contribution in [0.5, 0.6) is 0 Å². The predicted molar refractivity (Wildman–Crippen MR) is 62.9 cm³/mol. The van der Waals surface area contributed by atoms with Gasteiger partial charge < -0.3 is 10.2 Å². The van der Waals surface area contributed by atoms with Crippen molar-refractivity contribution in [2.45, 2.75) is 19.4 Å². The molecule has 1 saturated heterocycles. The third kappa shape index (κ3) is 3.77. The zero-order valence-corrected chi connectivity index (χ0v) is 10.3. The summed E-state index contributed by atoms with van der Waals surface area (Å²) in [5.41, 5.74) is 1.42. The van der Waals surface area contributed by atoms with E-state index in [2.05, 4.69) is 24.2 Å². The molecular weight excluding hydrogens is 219 g/mol. The van der Waals surface area contributed by atoms with E-state index in [1.807, 2.05) is 0 Å². The molecule has 4 heteroatoms. The second-order valence-electron chi connectivity index (χ2n) is 4.07. The number of nitrogens with one attached hydrogen (secondary N) is 1. The van der Waals surface area contributed by atoms with E-state index in [9.17, 15) is 0 Å². The van der Waals surface area contributed by atoms with Crippen LogP contribution in [-0.4, -0.2) is 37.6 Å². The SMILES string of the molecule is CC1CN(C)CCC1NCC(Cl)=CCl. The summed E-state index contributed by atoms with van der Waals surface area (Å²) in [6, 6.07) is 0.566. The van der Waals surface area contributed by atoms with Gasteiger partial charge in [0.05, 0.1) is 0 Å². The maximum Gasteiger partial charge on any atom is 0.0432 e. The molecule has 0 aromatic rings. The molecule has 2 nitrogen and oxygen atoms in total. The molecule has 2 atom stereocenters. The first-order chi connectivity index (χ1) is 6.63. The molecule has 1 heterocycles. The molecule has 14 heavy (non-hydrogen) atoms. The topological polar surface area (TPSA) is 15.3 Å². The molecular formula is C10H18Cl2N2. The van der Waals surface area contributed by atoms with Gasteiger partial charge >= 0.3 is 0 Å². The molecule has 1 rings (SSSR count). The third-order valence-corrected chi connectivity index (χ3v) is 3.38. The summed E-state index contributed by atoms with van der Waals surface area (Å²) in [5.74, 6) is 0.675. The smallest absolute Gasteiger partial charge is 0.0432 e. The van der Waals surface area contributed by atoms with Crippen LogP contribution in [0.15, 0.2) is 10.6 Å². The predicted octanol–water partition coefficient (Wildman–Crippen LogP) is 2.24. The summed E-state index contributed by atoms with van der Waals surface area (Å²) in [4.78, 5) is 2.36. The summed E-state index contributed by atoms with van der Waals surface area (Å²) in [7, 11) is 2.17. The van der Waals surface area contributed by atoms with Crippen LogP contribution >= 0.6 is 23.2 Å². The van der Waals surface area contributed by atoms with Crippen LogP contribution in [0.4, 0.5) is 0 Å². The van der Waals surface area contributed by atoms with Gasteiger partial charge in [-0.2, -0.15) is 0 Å². The molecule has 0 aromatic heterocycles. The molecule has 0 saturated carbocycles. The van der Waals surface area contributed by atoms with Crippen LogP contribution in [0.25, 0.3) is 0 Å². The fourth-order valence-corrected chi connectivity index (χ4v) is 2.08. The lowest BCUT2D eigenvalue weighted by Crippen LogP contribution is -2.47. The van der Waals surface area contributed by atoms with E-state index in [1.165, 1.54) is 12.0 Å². The minimum absolute atomic E-state index is 0.566. The van der Waals surface area contributed by atoms with Crippen LogP contribution < -0.4 is 5.32 Å². The number of hydrogen-bond acceptors (Lipinski definition) is 2. The molecule has 2 unspecified atom stereocenters. The van der Waals surface area contributed by atoms with Crippen LogP contribution in [-0.2, 0) is 0 Å². The van der Waals surface area contributed by atoms with Crippen molar-refractivity contribution in [3.63, 3.8) is 0 Å². The van der Waals surface area contributed by atoms with E-state index in [1.54, 1.807) is 0 Å². The summed E-state index contributed by atoms with van der Waals surface area (Å²) in [5, 5.41) is 4.11. The first-order valence-electron chi connectivity index (χ1n) is 5.00. The lowest BCUT2D eigenvalue weighted by Gasteiger charge is -2.35. The van der Waals surface area contributed by atoms with E-state index in [-0.39, 0.29) is 0 Å². The molecule has 1 N–H and O–H groups in total. The van der Waals surface area contributed by atoms with E-state index in [0.29, 0.717) is 23.5 Å². The first-order valence-corrected chi connectivity index (χ1v) is 5.81. The first kappa shape index (κ1) is 12.3. The average Bonchev–Trinajstić information content (AvgIpc) is 2.16. The fraction of sp³-hybridized carbons (Fsp3) is 0.800. The molecule has 0 aliphatic carbocycles. The highest BCUT2D eigenvalue weighted by Gasteiger charge is 2.23. The number of likely N-dealkylation sites (tertiary alicyclic amines) is 1. The summed E-state index contributed by atoms with van der Waals surface area (Å²) < 4.78 is 0. The van der Waals surface area contributed by atoms with Crippen molar-refractivity contribution >= 4 is 23.2 Å². The van der Waals surface area contributed by atoms with E-state index < -0.39 is 0 Å². The summed E-state index contributed by atoms with van der Waals surface area (Å²) >= 11 is 11.3. The Morgan fingerprint density at radius 1 is 1.64 bits per heavy atom. The Bertz CT molecular complexity index is 206. The molecule has 1 aliphatic heterocycles. The van der Waals surface area contributed by atoms with Crippen LogP contribution in [0, 0.1) is 5.92 Å². The van der Waals surface area contributed by atoms with Gasteiger partial charge in [0.15, 0.2) is 0 Å². The number of nitrogens with zero attached hydrogens (tertiary/aromatic N) is 1. The van der Waals surface area contributed by atoms with Gasteiger partial charge in [-0.05, 0) is 25.9 Å². The van der Waals surface area contributed by atoms with Crippen molar-refractivity contribution in [3.05, 3.63) is 10.6 Å². The molecule has 1 fully saturated rings. The highest BCUT2D eigenvalue weighted by atomic mass is 35.5. The highest BCUT2D eigenvalue weighted by Crippen LogP contribution is 2.15. The van der Waals surface area contributed by atoms with Gasteiger partial charge in [-0.1, -0.05) is 30.1 Å². The monoisotopic (exact) mass is 236 g/mol. The van der Waals surface area contributed by atoms with Gasteiger partial charge in [-0.25, -0.2) is 0 Å². The van der Waals surface area contributed by atoms with E-state index in [4.69, 9.17) is 23.2 Å². The second-order valence-corrected chi connectivity index (χ2v) is 4.78. The molecule has 82 valence electrons. The Morgan fingerprint density at radius 2 is 2.36 bits per heavy atom. The van der Waals surface area contributed by atoms with E-state index >= 15 is 0 Å². The van der Waals surface area contributed by atoms with Crippen LogP contribution in [0.3, 0.4) is 0 Å². The van der Waals surface area contributed by atoms with Crippen molar-refractivity contribution in [1.82, 2.24) is 10.2 Å². The Hall–Kier alpha value is 0.240. The summed E-state index contributed by atoms with van der Waals surface area (Å²) in [6.45, 7) is 5.26. The van der Waals surface area contributed by atoms with Crippen molar-refractivity contribution in [2.24, 2.45) is 5.92 Å². The normalized spacial score (nSPS) is 30.7. The second kappa shape index (κ2) is 5.96. The average molecular weight is 237 g/mol. The minimum Gasteiger partial charge on any atom is -0.309 e. The maximum absolute atomic E-state index is 5.82. The lowest BCUT2D eigenvalue weighted by atomic mass is 9.94. The number of hydrogen-bond donors (Lipinski definition) is 1. The standard InChI is InChI=1S/C10H18Cl2N2/c1-8-7-14(2)4-3-10(8)13-6-9(12)5-11/h5,8,10,13H,3-4,6-7H2,1-2H3. The van der Waals surface area contributed by atoms with Crippen molar-refractivity contribution in [3.8, 4) is 0 Å². The van der Waals surface area contributed by atoms with Crippen molar-refractivity contribution < 1.29 is 0 Å². The molecule has 0 spiro atoms. The fourth-order valence-electron chi connectivity index (χ4n) is 1.92. The molecule has 0 amide bonds. The van der Waals surface area contributed by atoms with Crippen molar-refractivity contribution in [2.75, 3.05) is 26.7 Å². The minimum atomic E-state index is 0.566. The molecule has 0 bridgehead atoms.